The molecule has 0 aliphatic heterocycles. The summed E-state index contributed by atoms with van der Waals surface area (Å²) in [6.45, 7) is 5.55. The third-order valence-corrected chi connectivity index (χ3v) is 8.72. The summed E-state index contributed by atoms with van der Waals surface area (Å²) in [5, 5.41) is 3.20. The molecule has 3 aromatic rings. The van der Waals surface area contributed by atoms with Crippen molar-refractivity contribution in [3.05, 3.63) is 101 Å². The van der Waals surface area contributed by atoms with E-state index in [2.05, 4.69) is 5.32 Å². The van der Waals surface area contributed by atoms with Gasteiger partial charge in [0.25, 0.3) is 0 Å². The molecule has 1 saturated carbocycles. The van der Waals surface area contributed by atoms with Crippen LogP contribution in [0, 0.1) is 20.8 Å². The van der Waals surface area contributed by atoms with Crippen molar-refractivity contribution >= 4 is 27.5 Å². The summed E-state index contributed by atoms with van der Waals surface area (Å²) in [7, 11) is -3.80. The van der Waals surface area contributed by atoms with Gasteiger partial charge in [0.1, 0.15) is 12.6 Å². The summed E-state index contributed by atoms with van der Waals surface area (Å²) in [5.74, 6) is -0.641. The first-order chi connectivity index (χ1) is 19.5. The number of anilines is 1. The van der Waals surface area contributed by atoms with Crippen molar-refractivity contribution in [1.29, 1.82) is 0 Å². The quantitative estimate of drug-likeness (QED) is 0.346. The normalized spacial score (nSPS) is 14.4. The lowest BCUT2D eigenvalue weighted by Gasteiger charge is -2.34. The van der Waals surface area contributed by atoms with Gasteiger partial charge in [-0.05, 0) is 68.0 Å². The predicted octanol–water partition coefficient (Wildman–Crippen LogP) is 5.08. The van der Waals surface area contributed by atoms with Gasteiger partial charge in [-0.3, -0.25) is 13.9 Å². The number of carbonyl (C=O) groups excluding carboxylic acids is 2. The smallest absolute Gasteiger partial charge is 0.244 e. The van der Waals surface area contributed by atoms with Crippen LogP contribution in [-0.2, 0) is 32.6 Å². The van der Waals surface area contributed by atoms with E-state index in [0.717, 1.165) is 64.1 Å². The van der Waals surface area contributed by atoms with Crippen molar-refractivity contribution in [1.82, 2.24) is 10.2 Å². The molecule has 3 aromatic carbocycles. The highest BCUT2D eigenvalue weighted by Crippen LogP contribution is 2.24. The number of hydrogen-bond acceptors (Lipinski definition) is 4. The van der Waals surface area contributed by atoms with Crippen molar-refractivity contribution in [2.24, 2.45) is 0 Å². The average molecular weight is 576 g/mol. The third kappa shape index (κ3) is 8.43. The second-order valence-electron chi connectivity index (χ2n) is 11.3. The highest BCUT2D eigenvalue weighted by atomic mass is 32.2. The molecule has 1 aliphatic carbocycles. The molecule has 1 fully saturated rings. The van der Waals surface area contributed by atoms with Crippen molar-refractivity contribution in [2.45, 2.75) is 71.5 Å². The van der Waals surface area contributed by atoms with Crippen molar-refractivity contribution in [3.63, 3.8) is 0 Å². The van der Waals surface area contributed by atoms with Crippen LogP contribution < -0.4 is 9.62 Å². The fourth-order valence-corrected chi connectivity index (χ4v) is 6.47. The second-order valence-corrected chi connectivity index (χ2v) is 13.2. The van der Waals surface area contributed by atoms with Gasteiger partial charge < -0.3 is 10.2 Å². The highest BCUT2D eigenvalue weighted by molar-refractivity contribution is 7.92. The fourth-order valence-electron chi connectivity index (χ4n) is 5.64. The van der Waals surface area contributed by atoms with Crippen LogP contribution in [0.25, 0.3) is 0 Å². The molecule has 0 radical (unpaired) electrons. The van der Waals surface area contributed by atoms with Crippen LogP contribution >= 0.6 is 0 Å². The van der Waals surface area contributed by atoms with E-state index in [4.69, 9.17) is 0 Å². The van der Waals surface area contributed by atoms with Gasteiger partial charge in [-0.15, -0.1) is 0 Å². The SMILES string of the molecule is Cc1cccc(CN(C(=O)CN(c2cc(C)cc(C)c2)S(C)(=O)=O)C(Cc2ccccc2)C(=O)NC2CCCC2)c1. The Morgan fingerprint density at radius 1 is 0.854 bits per heavy atom. The lowest BCUT2D eigenvalue weighted by Crippen LogP contribution is -2.54. The van der Waals surface area contributed by atoms with Gasteiger partial charge in [-0.25, -0.2) is 8.42 Å². The second kappa shape index (κ2) is 13.3. The Kier molecular flexibility index (Phi) is 9.86. The van der Waals surface area contributed by atoms with E-state index in [9.17, 15) is 18.0 Å². The Labute approximate surface area is 244 Å². The van der Waals surface area contributed by atoms with E-state index < -0.39 is 28.5 Å². The van der Waals surface area contributed by atoms with Crippen LogP contribution in [0.5, 0.6) is 0 Å². The van der Waals surface area contributed by atoms with Crippen LogP contribution in [-0.4, -0.2) is 50.0 Å². The molecule has 1 N–H and O–H groups in total. The number of hydrogen-bond donors (Lipinski definition) is 1. The van der Waals surface area contributed by atoms with Gasteiger partial charge >= 0.3 is 0 Å². The lowest BCUT2D eigenvalue weighted by molar-refractivity contribution is -0.140. The molecule has 41 heavy (non-hydrogen) atoms. The summed E-state index contributed by atoms with van der Waals surface area (Å²) in [6.07, 6.45) is 5.41. The molecule has 7 nitrogen and oxygen atoms in total. The molecule has 218 valence electrons. The first-order valence-electron chi connectivity index (χ1n) is 14.2. The van der Waals surface area contributed by atoms with E-state index in [1.807, 2.05) is 81.4 Å². The molecule has 1 aliphatic rings. The maximum atomic E-state index is 14.2. The van der Waals surface area contributed by atoms with E-state index in [-0.39, 0.29) is 18.5 Å². The maximum absolute atomic E-state index is 14.2. The number of aryl methyl sites for hydroxylation is 3. The summed E-state index contributed by atoms with van der Waals surface area (Å²) in [6, 6.07) is 22.2. The van der Waals surface area contributed by atoms with Gasteiger partial charge in [0, 0.05) is 19.0 Å². The number of amides is 2. The molecule has 4 rings (SSSR count). The zero-order chi connectivity index (χ0) is 29.6. The third-order valence-electron chi connectivity index (χ3n) is 7.58. The Morgan fingerprint density at radius 3 is 2.10 bits per heavy atom. The Morgan fingerprint density at radius 2 is 1.49 bits per heavy atom. The Bertz CT molecular complexity index is 1450. The minimum Gasteiger partial charge on any atom is -0.352 e. The van der Waals surface area contributed by atoms with Gasteiger partial charge in [0.2, 0.25) is 21.8 Å². The summed E-state index contributed by atoms with van der Waals surface area (Å²) in [4.78, 5) is 29.7. The molecule has 0 bridgehead atoms. The number of nitrogens with one attached hydrogen (secondary N) is 1. The van der Waals surface area contributed by atoms with Crippen LogP contribution in [0.1, 0.15) is 53.5 Å². The van der Waals surface area contributed by atoms with Gasteiger partial charge in [0.05, 0.1) is 11.9 Å². The maximum Gasteiger partial charge on any atom is 0.244 e. The van der Waals surface area contributed by atoms with E-state index in [1.165, 1.54) is 0 Å². The van der Waals surface area contributed by atoms with Gasteiger partial charge in [0.15, 0.2) is 0 Å². The molecule has 8 heteroatoms. The zero-order valence-electron chi connectivity index (χ0n) is 24.5. The highest BCUT2D eigenvalue weighted by Gasteiger charge is 2.34. The molecule has 0 spiro atoms. The van der Waals surface area contributed by atoms with Crippen LogP contribution in [0.15, 0.2) is 72.8 Å². The van der Waals surface area contributed by atoms with E-state index >= 15 is 0 Å². The molecular weight excluding hydrogens is 534 g/mol. The summed E-state index contributed by atoms with van der Waals surface area (Å²) < 4.78 is 27.2. The molecule has 0 saturated heterocycles. The van der Waals surface area contributed by atoms with E-state index in [0.29, 0.717) is 12.1 Å². The number of benzene rings is 3. The first-order valence-corrected chi connectivity index (χ1v) is 16.1. The average Bonchev–Trinajstić information content (AvgIpc) is 3.41. The van der Waals surface area contributed by atoms with Gasteiger partial charge in [-0.1, -0.05) is 79.1 Å². The number of rotatable bonds is 11. The summed E-state index contributed by atoms with van der Waals surface area (Å²) in [5.41, 5.74) is 5.07. The number of carbonyl (C=O) groups is 2. The topological polar surface area (TPSA) is 86.8 Å². The van der Waals surface area contributed by atoms with Gasteiger partial charge in [-0.2, -0.15) is 0 Å². The minimum atomic E-state index is -3.80. The van der Waals surface area contributed by atoms with Crippen molar-refractivity contribution in [2.75, 3.05) is 17.1 Å². The molecule has 1 atom stereocenters. The molecule has 0 aromatic heterocycles. The van der Waals surface area contributed by atoms with Crippen LogP contribution in [0.3, 0.4) is 0 Å². The van der Waals surface area contributed by atoms with Crippen molar-refractivity contribution < 1.29 is 18.0 Å². The van der Waals surface area contributed by atoms with Crippen LogP contribution in [0.2, 0.25) is 0 Å². The number of sulfonamides is 1. The standard InChI is InChI=1S/C33H41N3O4S/c1-24-11-10-14-28(18-24)22-35(32(37)23-36(41(4,39)40)30-19-25(2)17-26(3)20-30)31(21-27-12-6-5-7-13-27)33(38)34-29-15-8-9-16-29/h5-7,10-14,17-20,29,31H,8-9,15-16,21-23H2,1-4H3,(H,34,38). The Hall–Kier alpha value is -3.65. The van der Waals surface area contributed by atoms with Crippen LogP contribution in [0.4, 0.5) is 5.69 Å². The zero-order valence-corrected chi connectivity index (χ0v) is 25.3. The minimum absolute atomic E-state index is 0.0829. The molecule has 2 amide bonds. The predicted molar refractivity (Wildman–Crippen MR) is 164 cm³/mol. The molecular formula is C33H41N3O4S. The molecule has 0 heterocycles. The lowest BCUT2D eigenvalue weighted by atomic mass is 10.0. The largest absolute Gasteiger partial charge is 0.352 e. The fraction of sp³-hybridized carbons (Fsp3) is 0.394. The number of nitrogens with zero attached hydrogens (tertiary/aromatic N) is 2. The van der Waals surface area contributed by atoms with E-state index in [1.54, 1.807) is 17.0 Å². The summed E-state index contributed by atoms with van der Waals surface area (Å²) >= 11 is 0. The molecule has 1 unspecified atom stereocenters. The van der Waals surface area contributed by atoms with Crippen molar-refractivity contribution in [3.8, 4) is 0 Å². The monoisotopic (exact) mass is 575 g/mol. The first kappa shape index (κ1) is 30.3. The Balaban J connectivity index is 1.74.